The van der Waals surface area contributed by atoms with Crippen molar-refractivity contribution in [1.82, 2.24) is 15.5 Å². The summed E-state index contributed by atoms with van der Waals surface area (Å²) in [5.74, 6) is -0.410. The highest BCUT2D eigenvalue weighted by atomic mass is 16.2. The Balaban J connectivity index is 2.59. The number of rotatable bonds is 4. The molecule has 1 aliphatic heterocycles. The summed E-state index contributed by atoms with van der Waals surface area (Å²) in [5, 5.41) is 5.40. The molecule has 0 aromatic heterocycles. The zero-order chi connectivity index (χ0) is 11.5. The molecular formula is C10H19N3O2. The molecule has 5 heteroatoms. The van der Waals surface area contributed by atoms with Crippen LogP contribution in [-0.4, -0.2) is 48.9 Å². The molecule has 1 fully saturated rings. The Morgan fingerprint density at radius 2 is 2.13 bits per heavy atom. The van der Waals surface area contributed by atoms with Crippen molar-refractivity contribution in [2.24, 2.45) is 0 Å². The Kier molecular flexibility index (Phi) is 3.82. The topological polar surface area (TPSA) is 61.4 Å². The molecule has 0 saturated carbocycles. The number of carbonyl (C=O) groups is 2. The molecule has 0 atom stereocenters. The van der Waals surface area contributed by atoms with Crippen molar-refractivity contribution < 1.29 is 9.59 Å². The van der Waals surface area contributed by atoms with Crippen molar-refractivity contribution in [1.29, 1.82) is 0 Å². The first-order valence-corrected chi connectivity index (χ1v) is 5.22. The zero-order valence-electron chi connectivity index (χ0n) is 9.59. The maximum absolute atomic E-state index is 11.6. The van der Waals surface area contributed by atoms with E-state index in [0.29, 0.717) is 6.54 Å². The molecule has 0 unspecified atom stereocenters. The van der Waals surface area contributed by atoms with Crippen LogP contribution in [0.1, 0.15) is 20.3 Å². The van der Waals surface area contributed by atoms with Gasteiger partial charge in [-0.2, -0.15) is 0 Å². The normalized spacial score (nSPS) is 21.5. The van der Waals surface area contributed by atoms with Gasteiger partial charge in [0.25, 0.3) is 0 Å². The monoisotopic (exact) mass is 213 g/mol. The lowest BCUT2D eigenvalue weighted by molar-refractivity contribution is -0.145. The van der Waals surface area contributed by atoms with Crippen molar-refractivity contribution in [2.45, 2.75) is 25.8 Å². The summed E-state index contributed by atoms with van der Waals surface area (Å²) in [7, 11) is 1.89. The van der Waals surface area contributed by atoms with Crippen molar-refractivity contribution in [3.63, 3.8) is 0 Å². The number of nitrogens with one attached hydrogen (secondary N) is 2. The predicted molar refractivity (Wildman–Crippen MR) is 57.3 cm³/mol. The fraction of sp³-hybridized carbons (Fsp3) is 0.800. The van der Waals surface area contributed by atoms with Crippen molar-refractivity contribution >= 4 is 11.8 Å². The lowest BCUT2D eigenvalue weighted by atomic mass is 9.98. The van der Waals surface area contributed by atoms with Gasteiger partial charge in [0.2, 0.25) is 11.8 Å². The minimum absolute atomic E-state index is 0.205. The summed E-state index contributed by atoms with van der Waals surface area (Å²) in [6, 6.07) is 0. The van der Waals surface area contributed by atoms with Crippen LogP contribution in [0, 0.1) is 0 Å². The fourth-order valence-corrected chi connectivity index (χ4v) is 1.64. The Bertz CT molecular complexity index is 263. The van der Waals surface area contributed by atoms with E-state index in [1.807, 2.05) is 25.8 Å². The molecule has 86 valence electrons. The molecule has 0 aliphatic carbocycles. The first-order valence-electron chi connectivity index (χ1n) is 5.22. The van der Waals surface area contributed by atoms with Gasteiger partial charge in [-0.25, -0.2) is 0 Å². The maximum atomic E-state index is 11.6. The number of piperazine rings is 1. The van der Waals surface area contributed by atoms with E-state index >= 15 is 0 Å². The van der Waals surface area contributed by atoms with E-state index in [2.05, 4.69) is 10.6 Å². The Morgan fingerprint density at radius 3 is 2.73 bits per heavy atom. The molecule has 15 heavy (non-hydrogen) atoms. The van der Waals surface area contributed by atoms with Gasteiger partial charge in [-0.05, 0) is 33.9 Å². The van der Waals surface area contributed by atoms with Gasteiger partial charge in [-0.15, -0.1) is 0 Å². The molecular weight excluding hydrogens is 194 g/mol. The van der Waals surface area contributed by atoms with Gasteiger partial charge in [0.1, 0.15) is 0 Å². The molecule has 0 aromatic rings. The quantitative estimate of drug-likeness (QED) is 0.480. The van der Waals surface area contributed by atoms with E-state index in [0.717, 1.165) is 19.5 Å². The van der Waals surface area contributed by atoms with Crippen LogP contribution in [0.5, 0.6) is 0 Å². The molecule has 2 N–H and O–H groups in total. The Labute approximate surface area is 90.2 Å². The summed E-state index contributed by atoms with van der Waals surface area (Å²) in [6.45, 7) is 5.64. The SMILES string of the molecule is CNCCCN1CC(=O)NC(=O)C1(C)C. The largest absolute Gasteiger partial charge is 0.320 e. The molecule has 0 bridgehead atoms. The van der Waals surface area contributed by atoms with Crippen molar-refractivity contribution in [3.05, 3.63) is 0 Å². The van der Waals surface area contributed by atoms with E-state index in [4.69, 9.17) is 0 Å². The lowest BCUT2D eigenvalue weighted by Gasteiger charge is -2.40. The molecule has 0 aromatic carbocycles. The first kappa shape index (κ1) is 12.1. The fourth-order valence-electron chi connectivity index (χ4n) is 1.64. The molecule has 1 aliphatic rings. The average Bonchev–Trinajstić information content (AvgIpc) is 2.14. The van der Waals surface area contributed by atoms with E-state index in [9.17, 15) is 9.59 Å². The number of imide groups is 1. The minimum atomic E-state index is -0.582. The second-order valence-electron chi connectivity index (χ2n) is 4.31. The highest BCUT2D eigenvalue weighted by Crippen LogP contribution is 2.17. The van der Waals surface area contributed by atoms with Crippen LogP contribution >= 0.6 is 0 Å². The van der Waals surface area contributed by atoms with Gasteiger partial charge < -0.3 is 5.32 Å². The van der Waals surface area contributed by atoms with E-state index < -0.39 is 5.54 Å². The minimum Gasteiger partial charge on any atom is -0.320 e. The Morgan fingerprint density at radius 1 is 1.47 bits per heavy atom. The molecule has 2 amide bonds. The van der Waals surface area contributed by atoms with Crippen LogP contribution in [-0.2, 0) is 9.59 Å². The highest BCUT2D eigenvalue weighted by molar-refractivity contribution is 6.02. The van der Waals surface area contributed by atoms with Crippen LogP contribution in [0.4, 0.5) is 0 Å². The van der Waals surface area contributed by atoms with Crippen LogP contribution in [0.2, 0.25) is 0 Å². The van der Waals surface area contributed by atoms with Gasteiger partial charge in [0.05, 0.1) is 12.1 Å². The molecule has 1 saturated heterocycles. The smallest absolute Gasteiger partial charge is 0.246 e. The number of amides is 2. The second kappa shape index (κ2) is 4.72. The summed E-state index contributed by atoms with van der Waals surface area (Å²) in [6.07, 6.45) is 0.931. The Hall–Kier alpha value is -0.940. The third kappa shape index (κ3) is 2.76. The number of nitrogens with zero attached hydrogens (tertiary/aromatic N) is 1. The lowest BCUT2D eigenvalue weighted by Crippen LogP contribution is -2.64. The van der Waals surface area contributed by atoms with Gasteiger partial charge in [-0.3, -0.25) is 19.8 Å². The average molecular weight is 213 g/mol. The van der Waals surface area contributed by atoms with Crippen LogP contribution in [0.3, 0.4) is 0 Å². The van der Waals surface area contributed by atoms with Gasteiger partial charge in [0, 0.05) is 6.54 Å². The third-order valence-corrected chi connectivity index (χ3v) is 2.79. The van der Waals surface area contributed by atoms with Crippen molar-refractivity contribution in [2.75, 3.05) is 26.7 Å². The number of carbonyl (C=O) groups excluding carboxylic acids is 2. The zero-order valence-corrected chi connectivity index (χ0v) is 9.59. The van der Waals surface area contributed by atoms with E-state index in [1.165, 1.54) is 0 Å². The number of hydrogen-bond donors (Lipinski definition) is 2. The van der Waals surface area contributed by atoms with Gasteiger partial charge in [0.15, 0.2) is 0 Å². The summed E-state index contributed by atoms with van der Waals surface area (Å²) < 4.78 is 0. The van der Waals surface area contributed by atoms with Crippen LogP contribution < -0.4 is 10.6 Å². The first-order chi connectivity index (χ1) is 6.98. The van der Waals surface area contributed by atoms with Gasteiger partial charge >= 0.3 is 0 Å². The summed E-state index contributed by atoms with van der Waals surface area (Å²) in [4.78, 5) is 24.7. The maximum Gasteiger partial charge on any atom is 0.246 e. The second-order valence-corrected chi connectivity index (χ2v) is 4.31. The number of hydrogen-bond acceptors (Lipinski definition) is 4. The molecule has 0 radical (unpaired) electrons. The van der Waals surface area contributed by atoms with E-state index in [-0.39, 0.29) is 11.8 Å². The molecule has 1 heterocycles. The van der Waals surface area contributed by atoms with Crippen LogP contribution in [0.25, 0.3) is 0 Å². The standard InChI is InChI=1S/C10H19N3O2/c1-10(2)9(15)12-8(14)7-13(10)6-4-5-11-3/h11H,4-7H2,1-3H3,(H,12,14,15). The van der Waals surface area contributed by atoms with Gasteiger partial charge in [-0.1, -0.05) is 0 Å². The molecule has 0 spiro atoms. The predicted octanol–water partition coefficient (Wildman–Crippen LogP) is -0.667. The summed E-state index contributed by atoms with van der Waals surface area (Å²) >= 11 is 0. The highest BCUT2D eigenvalue weighted by Gasteiger charge is 2.40. The van der Waals surface area contributed by atoms with E-state index in [1.54, 1.807) is 0 Å². The molecule has 5 nitrogen and oxygen atoms in total. The van der Waals surface area contributed by atoms with Crippen LogP contribution in [0.15, 0.2) is 0 Å². The summed E-state index contributed by atoms with van der Waals surface area (Å²) in [5.41, 5.74) is -0.582. The van der Waals surface area contributed by atoms with Crippen molar-refractivity contribution in [3.8, 4) is 0 Å². The third-order valence-electron chi connectivity index (χ3n) is 2.79. The molecule has 1 rings (SSSR count).